The summed E-state index contributed by atoms with van der Waals surface area (Å²) in [7, 11) is 0. The first-order valence-electron chi connectivity index (χ1n) is 6.69. The molecule has 1 aliphatic rings. The summed E-state index contributed by atoms with van der Waals surface area (Å²) < 4.78 is 6.43. The van der Waals surface area contributed by atoms with Gasteiger partial charge in [0.2, 0.25) is 0 Å². The molecule has 0 spiro atoms. The minimum absolute atomic E-state index is 0.321. The molecule has 3 heteroatoms. The highest BCUT2D eigenvalue weighted by Crippen LogP contribution is 2.32. The second kappa shape index (κ2) is 5.61. The average Bonchev–Trinajstić information content (AvgIpc) is 2.47. The van der Waals surface area contributed by atoms with Gasteiger partial charge in [-0.05, 0) is 53.3 Å². The summed E-state index contributed by atoms with van der Waals surface area (Å²) in [6, 6.07) is 12.4. The zero-order valence-electron chi connectivity index (χ0n) is 10.7. The monoisotopic (exact) mass is 320 g/mol. The smallest absolute Gasteiger partial charge is 0.0820 e. The number of fused-ring (bicyclic) bond motifs is 1. The standard InChI is InChI=1S/C16H17BrO2/c17-15-4-3-12-9-14(2-1-13(12)10-15)16(18)11-5-7-19-8-6-11/h1-4,9-11,16,18H,5-8H2. The molecule has 0 aliphatic carbocycles. The molecular weight excluding hydrogens is 304 g/mol. The number of rotatable bonds is 2. The molecule has 1 heterocycles. The topological polar surface area (TPSA) is 29.5 Å². The molecule has 1 unspecified atom stereocenters. The minimum Gasteiger partial charge on any atom is -0.388 e. The van der Waals surface area contributed by atoms with Gasteiger partial charge in [0.15, 0.2) is 0 Å². The number of ether oxygens (including phenoxy) is 1. The number of aliphatic hydroxyl groups is 1. The van der Waals surface area contributed by atoms with Crippen molar-refractivity contribution in [3.63, 3.8) is 0 Å². The highest BCUT2D eigenvalue weighted by molar-refractivity contribution is 9.10. The fraction of sp³-hybridized carbons (Fsp3) is 0.375. The number of halogens is 1. The van der Waals surface area contributed by atoms with E-state index in [-0.39, 0.29) is 6.10 Å². The van der Waals surface area contributed by atoms with E-state index in [1.807, 2.05) is 12.1 Å². The van der Waals surface area contributed by atoms with Crippen LogP contribution in [0, 0.1) is 5.92 Å². The molecule has 3 rings (SSSR count). The van der Waals surface area contributed by atoms with Crippen LogP contribution < -0.4 is 0 Å². The quantitative estimate of drug-likeness (QED) is 0.904. The fourth-order valence-corrected chi connectivity index (χ4v) is 3.10. The van der Waals surface area contributed by atoms with Crippen LogP contribution in [0.25, 0.3) is 10.8 Å². The molecule has 2 aromatic carbocycles. The summed E-state index contributed by atoms with van der Waals surface area (Å²) >= 11 is 3.48. The van der Waals surface area contributed by atoms with Gasteiger partial charge in [-0.15, -0.1) is 0 Å². The van der Waals surface area contributed by atoms with Gasteiger partial charge in [0.25, 0.3) is 0 Å². The Morgan fingerprint density at radius 3 is 2.53 bits per heavy atom. The lowest BCUT2D eigenvalue weighted by Gasteiger charge is -2.27. The fourth-order valence-electron chi connectivity index (χ4n) is 2.72. The molecule has 0 radical (unpaired) electrons. The first-order chi connectivity index (χ1) is 9.24. The van der Waals surface area contributed by atoms with Crippen molar-refractivity contribution in [1.29, 1.82) is 0 Å². The maximum Gasteiger partial charge on any atom is 0.0820 e. The summed E-state index contributed by atoms with van der Waals surface area (Å²) in [6.07, 6.45) is 1.51. The van der Waals surface area contributed by atoms with E-state index in [1.54, 1.807) is 0 Å². The van der Waals surface area contributed by atoms with Crippen molar-refractivity contribution in [2.75, 3.05) is 13.2 Å². The Labute approximate surface area is 121 Å². The zero-order chi connectivity index (χ0) is 13.2. The molecule has 1 N–H and O–H groups in total. The molecule has 19 heavy (non-hydrogen) atoms. The third kappa shape index (κ3) is 2.83. The molecule has 100 valence electrons. The van der Waals surface area contributed by atoms with Crippen LogP contribution in [0.5, 0.6) is 0 Å². The van der Waals surface area contributed by atoms with E-state index in [0.717, 1.165) is 36.1 Å². The summed E-state index contributed by atoms with van der Waals surface area (Å²) in [5.74, 6) is 0.321. The summed E-state index contributed by atoms with van der Waals surface area (Å²) in [5.41, 5.74) is 1.02. The van der Waals surface area contributed by atoms with Crippen LogP contribution in [0.3, 0.4) is 0 Å². The van der Waals surface area contributed by atoms with Gasteiger partial charge in [-0.3, -0.25) is 0 Å². The van der Waals surface area contributed by atoms with Gasteiger partial charge in [-0.1, -0.05) is 34.1 Å². The van der Waals surface area contributed by atoms with Gasteiger partial charge in [-0.2, -0.15) is 0 Å². The predicted molar refractivity (Wildman–Crippen MR) is 80.2 cm³/mol. The van der Waals surface area contributed by atoms with Crippen molar-refractivity contribution in [3.05, 3.63) is 46.4 Å². The van der Waals surface area contributed by atoms with Crippen LogP contribution in [0.15, 0.2) is 40.9 Å². The van der Waals surface area contributed by atoms with Crippen LogP contribution in [-0.2, 0) is 4.74 Å². The number of aliphatic hydroxyl groups excluding tert-OH is 1. The lowest BCUT2D eigenvalue weighted by Crippen LogP contribution is -2.21. The van der Waals surface area contributed by atoms with Crippen molar-refractivity contribution >= 4 is 26.7 Å². The molecule has 0 aromatic heterocycles. The Morgan fingerprint density at radius 2 is 1.74 bits per heavy atom. The van der Waals surface area contributed by atoms with Crippen molar-refractivity contribution in [3.8, 4) is 0 Å². The van der Waals surface area contributed by atoms with E-state index in [4.69, 9.17) is 4.74 Å². The lowest BCUT2D eigenvalue weighted by molar-refractivity contribution is 0.00723. The number of benzene rings is 2. The molecule has 2 nitrogen and oxygen atoms in total. The minimum atomic E-state index is -0.378. The van der Waals surface area contributed by atoms with Crippen molar-refractivity contribution in [2.24, 2.45) is 5.92 Å². The third-order valence-electron chi connectivity index (χ3n) is 3.88. The Kier molecular flexibility index (Phi) is 3.87. The van der Waals surface area contributed by atoms with E-state index >= 15 is 0 Å². The normalized spacial score (nSPS) is 18.6. The lowest BCUT2D eigenvalue weighted by atomic mass is 9.88. The van der Waals surface area contributed by atoms with E-state index in [1.165, 1.54) is 10.8 Å². The molecule has 1 aliphatic heterocycles. The van der Waals surface area contributed by atoms with Gasteiger partial charge in [0.1, 0.15) is 0 Å². The molecular formula is C16H17BrO2. The summed E-state index contributed by atoms with van der Waals surface area (Å²) in [4.78, 5) is 0. The van der Waals surface area contributed by atoms with E-state index in [2.05, 4.69) is 40.2 Å². The summed E-state index contributed by atoms with van der Waals surface area (Å²) in [5, 5.41) is 12.9. The first-order valence-corrected chi connectivity index (χ1v) is 7.48. The number of hydrogen-bond donors (Lipinski definition) is 1. The zero-order valence-corrected chi connectivity index (χ0v) is 12.3. The van der Waals surface area contributed by atoms with Crippen molar-refractivity contribution < 1.29 is 9.84 Å². The van der Waals surface area contributed by atoms with Crippen LogP contribution in [0.1, 0.15) is 24.5 Å². The number of hydrogen-bond acceptors (Lipinski definition) is 2. The van der Waals surface area contributed by atoms with Gasteiger partial charge in [0, 0.05) is 17.7 Å². The maximum atomic E-state index is 10.5. The Morgan fingerprint density at radius 1 is 1.05 bits per heavy atom. The van der Waals surface area contributed by atoms with Crippen LogP contribution in [0.4, 0.5) is 0 Å². The van der Waals surface area contributed by atoms with Crippen molar-refractivity contribution in [1.82, 2.24) is 0 Å². The Balaban J connectivity index is 1.89. The van der Waals surface area contributed by atoms with Gasteiger partial charge in [-0.25, -0.2) is 0 Å². The van der Waals surface area contributed by atoms with Gasteiger partial charge in [0.05, 0.1) is 6.10 Å². The average molecular weight is 321 g/mol. The third-order valence-corrected chi connectivity index (χ3v) is 4.37. The van der Waals surface area contributed by atoms with Gasteiger partial charge >= 0.3 is 0 Å². The molecule has 0 amide bonds. The molecule has 2 aromatic rings. The SMILES string of the molecule is OC(c1ccc2cc(Br)ccc2c1)C1CCOCC1. The predicted octanol–water partition coefficient (Wildman–Crippen LogP) is 4.06. The molecule has 1 fully saturated rings. The highest BCUT2D eigenvalue weighted by atomic mass is 79.9. The molecule has 0 saturated carbocycles. The van der Waals surface area contributed by atoms with E-state index in [0.29, 0.717) is 5.92 Å². The molecule has 1 saturated heterocycles. The second-order valence-corrected chi connectivity index (χ2v) is 6.06. The Bertz CT molecular complexity index is 576. The molecule has 1 atom stereocenters. The van der Waals surface area contributed by atoms with E-state index < -0.39 is 0 Å². The first kappa shape index (κ1) is 13.1. The maximum absolute atomic E-state index is 10.5. The molecule has 0 bridgehead atoms. The Hall–Kier alpha value is -0.900. The van der Waals surface area contributed by atoms with Crippen molar-refractivity contribution in [2.45, 2.75) is 18.9 Å². The largest absolute Gasteiger partial charge is 0.388 e. The van der Waals surface area contributed by atoms with Crippen LogP contribution in [-0.4, -0.2) is 18.3 Å². The second-order valence-electron chi connectivity index (χ2n) is 5.15. The highest BCUT2D eigenvalue weighted by Gasteiger charge is 2.23. The van der Waals surface area contributed by atoms with Crippen LogP contribution >= 0.6 is 15.9 Å². The van der Waals surface area contributed by atoms with Crippen LogP contribution in [0.2, 0.25) is 0 Å². The van der Waals surface area contributed by atoms with E-state index in [9.17, 15) is 5.11 Å². The summed E-state index contributed by atoms with van der Waals surface area (Å²) in [6.45, 7) is 1.53. The van der Waals surface area contributed by atoms with Gasteiger partial charge < -0.3 is 9.84 Å².